The van der Waals surface area contributed by atoms with Gasteiger partial charge in [-0.15, -0.1) is 0 Å². The summed E-state index contributed by atoms with van der Waals surface area (Å²) in [5.41, 5.74) is 8.13. The molecule has 1 aromatic carbocycles. The molecule has 2 heterocycles. The van der Waals surface area contributed by atoms with E-state index in [1.807, 2.05) is 37.3 Å². The lowest BCUT2D eigenvalue weighted by Gasteiger charge is -2.02. The van der Waals surface area contributed by atoms with E-state index in [0.29, 0.717) is 18.1 Å². The van der Waals surface area contributed by atoms with Crippen molar-refractivity contribution < 1.29 is 4.74 Å². The minimum Gasteiger partial charge on any atom is -0.494 e. The van der Waals surface area contributed by atoms with E-state index in [-0.39, 0.29) is 0 Å². The average molecular weight is 254 g/mol. The van der Waals surface area contributed by atoms with Gasteiger partial charge in [-0.3, -0.25) is 0 Å². The molecule has 96 valence electrons. The number of anilines is 1. The van der Waals surface area contributed by atoms with Crippen molar-refractivity contribution in [2.75, 3.05) is 12.3 Å². The van der Waals surface area contributed by atoms with E-state index in [2.05, 4.69) is 15.0 Å². The zero-order valence-corrected chi connectivity index (χ0v) is 10.6. The van der Waals surface area contributed by atoms with Crippen molar-refractivity contribution in [1.82, 2.24) is 15.0 Å². The van der Waals surface area contributed by atoms with Crippen molar-refractivity contribution in [1.29, 1.82) is 0 Å². The third-order valence-electron chi connectivity index (χ3n) is 2.81. The second kappa shape index (κ2) is 4.61. The molecule has 0 unspecified atom stereocenters. The van der Waals surface area contributed by atoms with Crippen LogP contribution in [-0.4, -0.2) is 21.6 Å². The van der Waals surface area contributed by atoms with Crippen LogP contribution in [0.5, 0.6) is 5.75 Å². The molecular formula is C14H14N4O. The lowest BCUT2D eigenvalue weighted by molar-refractivity contribution is 0.340. The topological polar surface area (TPSA) is 76.8 Å². The maximum absolute atomic E-state index is 5.64. The van der Waals surface area contributed by atoms with Gasteiger partial charge in [-0.1, -0.05) is 0 Å². The van der Waals surface area contributed by atoms with E-state index in [1.165, 1.54) is 0 Å². The molecule has 0 spiro atoms. The number of nitrogen functional groups attached to an aromatic ring is 1. The summed E-state index contributed by atoms with van der Waals surface area (Å²) in [6.45, 7) is 2.62. The summed E-state index contributed by atoms with van der Waals surface area (Å²) in [5, 5.41) is 0. The molecule has 5 nitrogen and oxygen atoms in total. The Morgan fingerprint density at radius 2 is 1.89 bits per heavy atom. The van der Waals surface area contributed by atoms with Crippen LogP contribution in [0.15, 0.2) is 36.4 Å². The Balaban J connectivity index is 1.99. The van der Waals surface area contributed by atoms with Gasteiger partial charge in [-0.2, -0.15) is 0 Å². The summed E-state index contributed by atoms with van der Waals surface area (Å²) < 4.78 is 5.41. The third-order valence-corrected chi connectivity index (χ3v) is 2.81. The lowest BCUT2D eigenvalue weighted by atomic mass is 10.2. The molecule has 3 aromatic rings. The highest BCUT2D eigenvalue weighted by atomic mass is 16.5. The number of rotatable bonds is 3. The Bertz CT molecular complexity index is 703. The summed E-state index contributed by atoms with van der Waals surface area (Å²) >= 11 is 0. The fraction of sp³-hybridized carbons (Fsp3) is 0.143. The molecule has 0 bridgehead atoms. The van der Waals surface area contributed by atoms with Crippen LogP contribution in [0.2, 0.25) is 0 Å². The number of hydrogen-bond acceptors (Lipinski definition) is 4. The molecule has 3 rings (SSSR count). The molecule has 2 aromatic heterocycles. The van der Waals surface area contributed by atoms with E-state index in [0.717, 1.165) is 22.7 Å². The quantitative estimate of drug-likeness (QED) is 0.753. The van der Waals surface area contributed by atoms with Gasteiger partial charge < -0.3 is 15.5 Å². The highest BCUT2D eigenvalue weighted by Crippen LogP contribution is 2.22. The van der Waals surface area contributed by atoms with Gasteiger partial charge in [0.25, 0.3) is 0 Å². The monoisotopic (exact) mass is 254 g/mol. The minimum absolute atomic E-state index is 0.470. The Morgan fingerprint density at radius 1 is 1.11 bits per heavy atom. The second-order valence-corrected chi connectivity index (χ2v) is 4.15. The summed E-state index contributed by atoms with van der Waals surface area (Å²) in [5.74, 6) is 2.10. The number of nitrogens with one attached hydrogen (secondary N) is 1. The van der Waals surface area contributed by atoms with Gasteiger partial charge in [0, 0.05) is 5.56 Å². The summed E-state index contributed by atoms with van der Waals surface area (Å²) in [6, 6.07) is 11.4. The number of aromatic nitrogens is 3. The molecule has 5 heteroatoms. The molecule has 0 atom stereocenters. The number of pyridine rings is 1. The van der Waals surface area contributed by atoms with Crippen molar-refractivity contribution in [3.05, 3.63) is 36.4 Å². The summed E-state index contributed by atoms with van der Waals surface area (Å²) in [7, 11) is 0. The first-order valence-corrected chi connectivity index (χ1v) is 6.12. The predicted octanol–water partition coefficient (Wildman–Crippen LogP) is 2.61. The number of benzene rings is 1. The number of aromatic amines is 1. The minimum atomic E-state index is 0.470. The van der Waals surface area contributed by atoms with Gasteiger partial charge in [-0.25, -0.2) is 9.97 Å². The summed E-state index contributed by atoms with van der Waals surface area (Å²) in [4.78, 5) is 11.8. The number of imidazole rings is 1. The molecule has 0 saturated carbocycles. The Labute approximate surface area is 110 Å². The molecule has 0 aliphatic heterocycles. The van der Waals surface area contributed by atoms with Crippen molar-refractivity contribution in [2.45, 2.75) is 6.92 Å². The van der Waals surface area contributed by atoms with E-state index in [4.69, 9.17) is 10.5 Å². The van der Waals surface area contributed by atoms with Crippen LogP contribution in [0, 0.1) is 0 Å². The van der Waals surface area contributed by atoms with Gasteiger partial charge in [0.15, 0.2) is 5.65 Å². The normalized spacial score (nSPS) is 10.8. The number of hydrogen-bond donors (Lipinski definition) is 2. The van der Waals surface area contributed by atoms with Gasteiger partial charge in [-0.05, 0) is 43.3 Å². The Hall–Kier alpha value is -2.56. The highest BCUT2D eigenvalue weighted by Gasteiger charge is 2.06. The molecule has 0 fully saturated rings. The van der Waals surface area contributed by atoms with Crippen LogP contribution in [0.3, 0.4) is 0 Å². The number of ether oxygens (including phenoxy) is 1. The fourth-order valence-corrected chi connectivity index (χ4v) is 1.92. The van der Waals surface area contributed by atoms with Crippen LogP contribution in [0.25, 0.3) is 22.6 Å². The predicted molar refractivity (Wildman–Crippen MR) is 74.9 cm³/mol. The number of fused-ring (bicyclic) bond motifs is 1. The number of nitrogens with zero attached hydrogens (tertiary/aromatic N) is 2. The van der Waals surface area contributed by atoms with Gasteiger partial charge in [0.2, 0.25) is 0 Å². The second-order valence-electron chi connectivity index (χ2n) is 4.15. The van der Waals surface area contributed by atoms with Crippen LogP contribution in [0.1, 0.15) is 6.92 Å². The number of H-pyrrole nitrogens is 1. The van der Waals surface area contributed by atoms with Crippen LogP contribution in [0.4, 0.5) is 5.82 Å². The van der Waals surface area contributed by atoms with E-state index in [9.17, 15) is 0 Å². The standard InChI is InChI=1S/C14H14N4O/c1-2-19-10-5-3-9(4-6-10)13-16-11-7-8-12(15)17-14(11)18-13/h3-8H,2H2,1H3,(H3,15,16,17,18). The van der Waals surface area contributed by atoms with Crippen molar-refractivity contribution in [3.63, 3.8) is 0 Å². The van der Waals surface area contributed by atoms with Crippen LogP contribution >= 0.6 is 0 Å². The first kappa shape index (κ1) is 11.5. The van der Waals surface area contributed by atoms with Crippen LogP contribution in [-0.2, 0) is 0 Å². The van der Waals surface area contributed by atoms with Gasteiger partial charge in [0.1, 0.15) is 17.4 Å². The smallest absolute Gasteiger partial charge is 0.180 e. The van der Waals surface area contributed by atoms with E-state index in [1.54, 1.807) is 6.07 Å². The first-order chi connectivity index (χ1) is 9.26. The molecule has 0 aliphatic carbocycles. The zero-order chi connectivity index (χ0) is 13.2. The van der Waals surface area contributed by atoms with Gasteiger partial charge in [0.05, 0.1) is 12.1 Å². The van der Waals surface area contributed by atoms with Gasteiger partial charge >= 0.3 is 0 Å². The summed E-state index contributed by atoms with van der Waals surface area (Å²) in [6.07, 6.45) is 0. The van der Waals surface area contributed by atoms with Crippen molar-refractivity contribution in [3.8, 4) is 17.1 Å². The lowest BCUT2D eigenvalue weighted by Crippen LogP contribution is -1.90. The zero-order valence-electron chi connectivity index (χ0n) is 10.6. The van der Waals surface area contributed by atoms with E-state index < -0.39 is 0 Å². The molecule has 3 N–H and O–H groups in total. The Morgan fingerprint density at radius 3 is 2.63 bits per heavy atom. The molecule has 0 radical (unpaired) electrons. The molecular weight excluding hydrogens is 240 g/mol. The van der Waals surface area contributed by atoms with Crippen molar-refractivity contribution in [2.24, 2.45) is 0 Å². The van der Waals surface area contributed by atoms with Crippen molar-refractivity contribution >= 4 is 17.0 Å². The fourth-order valence-electron chi connectivity index (χ4n) is 1.92. The first-order valence-electron chi connectivity index (χ1n) is 6.12. The molecule has 19 heavy (non-hydrogen) atoms. The van der Waals surface area contributed by atoms with Crippen LogP contribution < -0.4 is 10.5 Å². The van der Waals surface area contributed by atoms with E-state index >= 15 is 0 Å². The highest BCUT2D eigenvalue weighted by molar-refractivity contribution is 5.77. The molecule has 0 saturated heterocycles. The average Bonchev–Trinajstić information content (AvgIpc) is 2.83. The maximum atomic E-state index is 5.64. The Kier molecular flexibility index (Phi) is 2.79. The number of nitrogens with two attached hydrogens (primary N) is 1. The molecule has 0 amide bonds. The largest absolute Gasteiger partial charge is 0.494 e. The maximum Gasteiger partial charge on any atom is 0.180 e. The molecule has 0 aliphatic rings. The SMILES string of the molecule is CCOc1ccc(-c2nc3nc(N)ccc3[nH]2)cc1. The third kappa shape index (κ3) is 2.22.